The van der Waals surface area contributed by atoms with Crippen molar-refractivity contribution >= 4 is 0 Å². The Hall–Kier alpha value is -1.37. The summed E-state index contributed by atoms with van der Waals surface area (Å²) in [6.07, 6.45) is -2.51. The molecule has 7 heteroatoms. The Bertz CT molecular complexity index is 370. The monoisotopic (exact) mass is 266 g/mol. The molecular weight excluding hydrogens is 252 g/mol. The smallest absolute Gasteiger partial charge is 0.340 e. The van der Waals surface area contributed by atoms with Gasteiger partial charge >= 0.3 is 12.3 Å². The van der Waals surface area contributed by atoms with Crippen molar-refractivity contribution in [2.75, 3.05) is 13.7 Å². The molecule has 1 atom stereocenters. The van der Waals surface area contributed by atoms with E-state index in [1.165, 1.54) is 12.3 Å². The van der Waals surface area contributed by atoms with E-state index in [4.69, 9.17) is 0 Å². The predicted octanol–water partition coefficient (Wildman–Crippen LogP) is 2.64. The second kappa shape index (κ2) is 5.99. The Balaban J connectivity index is 2.59. The summed E-state index contributed by atoms with van der Waals surface area (Å²) >= 11 is 0. The first-order chi connectivity index (χ1) is 8.36. The van der Waals surface area contributed by atoms with Crippen LogP contribution >= 0.6 is 0 Å². The van der Waals surface area contributed by atoms with Crippen LogP contribution in [0.15, 0.2) is 18.3 Å². The Morgan fingerprint density at radius 2 is 2.06 bits per heavy atom. The Labute approximate surface area is 102 Å². The van der Waals surface area contributed by atoms with Gasteiger partial charge in [0.2, 0.25) is 0 Å². The van der Waals surface area contributed by atoms with Crippen LogP contribution in [0.2, 0.25) is 0 Å². The fraction of sp³-hybridized carbons (Fsp3) is 0.545. The number of pyridine rings is 1. The maximum absolute atomic E-state index is 12.6. The molecule has 0 saturated heterocycles. The number of hydrogen-bond acceptors (Lipinski definition) is 3. The first-order valence-corrected chi connectivity index (χ1v) is 5.29. The highest BCUT2D eigenvalue weighted by molar-refractivity contribution is 5.21. The number of nitrogens with one attached hydrogen (secondary N) is 1. The minimum absolute atomic E-state index is 0.00144. The van der Waals surface area contributed by atoms with Gasteiger partial charge in [-0.2, -0.15) is 8.78 Å². The molecule has 18 heavy (non-hydrogen) atoms. The molecule has 0 aromatic carbocycles. The lowest BCUT2D eigenvalue weighted by Gasteiger charge is -2.16. The highest BCUT2D eigenvalue weighted by Crippen LogP contribution is 2.24. The second-order valence-electron chi connectivity index (χ2n) is 3.78. The molecule has 3 nitrogen and oxygen atoms in total. The number of aromatic nitrogens is 1. The summed E-state index contributed by atoms with van der Waals surface area (Å²) in [6, 6.07) is 3.00. The summed E-state index contributed by atoms with van der Waals surface area (Å²) in [6.45, 7) is 0.501. The van der Waals surface area contributed by atoms with Crippen molar-refractivity contribution in [2.45, 2.75) is 25.3 Å². The lowest BCUT2D eigenvalue weighted by atomic mass is 10.2. The quantitative estimate of drug-likeness (QED) is 0.804. The van der Waals surface area contributed by atoms with Gasteiger partial charge in [-0.05, 0) is 26.1 Å². The molecule has 0 saturated carbocycles. The minimum atomic E-state index is -4.16. The number of halogens is 4. The highest BCUT2D eigenvalue weighted by Gasteiger charge is 2.41. The Kier molecular flexibility index (Phi) is 4.89. The molecular formula is C11H14F4N2O. The van der Waals surface area contributed by atoms with Crippen LogP contribution in [0.5, 0.6) is 5.75 Å². The van der Waals surface area contributed by atoms with Crippen molar-refractivity contribution < 1.29 is 22.3 Å². The van der Waals surface area contributed by atoms with Gasteiger partial charge in [-0.1, -0.05) is 0 Å². The van der Waals surface area contributed by atoms with E-state index in [0.29, 0.717) is 5.69 Å². The van der Waals surface area contributed by atoms with Crippen LogP contribution < -0.4 is 10.1 Å². The van der Waals surface area contributed by atoms with Crippen molar-refractivity contribution in [2.24, 2.45) is 0 Å². The van der Waals surface area contributed by atoms with Crippen LogP contribution in [-0.2, 0) is 0 Å². The predicted molar refractivity (Wildman–Crippen MR) is 58.2 cm³/mol. The number of alkyl halides is 4. The standard InChI is InChI=1S/C11H14F4N2O/c1-7(16-2)9-4-3-8(5-17-9)18-6-11(14,15)10(12)13/h3-5,7,10,16H,6H2,1-2H3. The van der Waals surface area contributed by atoms with E-state index in [1.54, 1.807) is 13.1 Å². The number of ether oxygens (including phenoxy) is 1. The third-order valence-electron chi connectivity index (χ3n) is 2.39. The molecule has 1 N–H and O–H groups in total. The number of nitrogens with zero attached hydrogens (tertiary/aromatic N) is 1. The van der Waals surface area contributed by atoms with Crippen LogP contribution in [0.3, 0.4) is 0 Å². The van der Waals surface area contributed by atoms with E-state index in [1.807, 2.05) is 6.92 Å². The summed E-state index contributed by atoms with van der Waals surface area (Å²) in [5.41, 5.74) is 0.700. The summed E-state index contributed by atoms with van der Waals surface area (Å²) in [5, 5.41) is 2.95. The Morgan fingerprint density at radius 3 is 2.50 bits per heavy atom. The maximum Gasteiger partial charge on any atom is 0.340 e. The zero-order valence-electron chi connectivity index (χ0n) is 9.96. The van der Waals surface area contributed by atoms with Gasteiger partial charge in [0.05, 0.1) is 11.9 Å². The molecule has 1 unspecified atom stereocenters. The lowest BCUT2D eigenvalue weighted by molar-refractivity contribution is -0.148. The molecule has 1 heterocycles. The van der Waals surface area contributed by atoms with Crippen LogP contribution in [-0.4, -0.2) is 31.0 Å². The normalized spacial score (nSPS) is 13.7. The summed E-state index contributed by atoms with van der Waals surface area (Å²) in [5.74, 6) is -4.13. The van der Waals surface area contributed by atoms with E-state index in [0.717, 1.165) is 0 Å². The van der Waals surface area contributed by atoms with E-state index >= 15 is 0 Å². The van der Waals surface area contributed by atoms with Gasteiger partial charge < -0.3 is 10.1 Å². The topological polar surface area (TPSA) is 34.1 Å². The maximum atomic E-state index is 12.6. The number of hydrogen-bond donors (Lipinski definition) is 1. The fourth-order valence-corrected chi connectivity index (χ4v) is 1.12. The van der Waals surface area contributed by atoms with E-state index < -0.39 is 19.0 Å². The molecule has 1 aromatic rings. The highest BCUT2D eigenvalue weighted by atomic mass is 19.3. The molecule has 0 aliphatic heterocycles. The molecule has 1 rings (SSSR count). The zero-order valence-corrected chi connectivity index (χ0v) is 9.96. The SMILES string of the molecule is CNC(C)c1ccc(OCC(F)(F)C(F)F)cn1. The molecule has 0 bridgehead atoms. The molecule has 102 valence electrons. The second-order valence-corrected chi connectivity index (χ2v) is 3.78. The fourth-order valence-electron chi connectivity index (χ4n) is 1.12. The first kappa shape index (κ1) is 14.7. The van der Waals surface area contributed by atoms with Gasteiger partial charge in [-0.15, -0.1) is 0 Å². The van der Waals surface area contributed by atoms with Crippen molar-refractivity contribution in [1.29, 1.82) is 0 Å². The van der Waals surface area contributed by atoms with Crippen LogP contribution in [0.4, 0.5) is 17.6 Å². The molecule has 0 aliphatic rings. The van der Waals surface area contributed by atoms with E-state index in [-0.39, 0.29) is 11.8 Å². The van der Waals surface area contributed by atoms with Gasteiger partial charge in [0.1, 0.15) is 5.75 Å². The van der Waals surface area contributed by atoms with Crippen LogP contribution in [0.25, 0.3) is 0 Å². The molecule has 0 fully saturated rings. The number of rotatable bonds is 6. The van der Waals surface area contributed by atoms with Gasteiger partial charge in [0.25, 0.3) is 0 Å². The van der Waals surface area contributed by atoms with Crippen LogP contribution in [0, 0.1) is 0 Å². The van der Waals surface area contributed by atoms with Crippen molar-refractivity contribution in [3.63, 3.8) is 0 Å². The molecule has 0 aliphatic carbocycles. The molecule has 0 spiro atoms. The average Bonchev–Trinajstić information content (AvgIpc) is 2.36. The van der Waals surface area contributed by atoms with Gasteiger partial charge in [0, 0.05) is 6.04 Å². The van der Waals surface area contributed by atoms with Gasteiger partial charge in [-0.25, -0.2) is 8.78 Å². The average molecular weight is 266 g/mol. The third-order valence-corrected chi connectivity index (χ3v) is 2.39. The van der Waals surface area contributed by atoms with Gasteiger partial charge in [0.15, 0.2) is 6.61 Å². The molecule has 0 radical (unpaired) electrons. The van der Waals surface area contributed by atoms with E-state index in [2.05, 4.69) is 15.0 Å². The zero-order chi connectivity index (χ0) is 13.8. The molecule has 0 amide bonds. The summed E-state index contributed by atoms with van der Waals surface area (Å²) in [7, 11) is 1.75. The summed E-state index contributed by atoms with van der Waals surface area (Å²) < 4.78 is 53.5. The summed E-state index contributed by atoms with van der Waals surface area (Å²) in [4.78, 5) is 3.98. The van der Waals surface area contributed by atoms with Crippen molar-refractivity contribution in [3.8, 4) is 5.75 Å². The third kappa shape index (κ3) is 3.83. The molecule has 1 aromatic heterocycles. The van der Waals surface area contributed by atoms with Crippen LogP contribution in [0.1, 0.15) is 18.7 Å². The minimum Gasteiger partial charge on any atom is -0.485 e. The Morgan fingerprint density at radius 1 is 1.39 bits per heavy atom. The first-order valence-electron chi connectivity index (χ1n) is 5.29. The van der Waals surface area contributed by atoms with E-state index in [9.17, 15) is 17.6 Å². The lowest BCUT2D eigenvalue weighted by Crippen LogP contribution is -2.33. The van der Waals surface area contributed by atoms with Crippen molar-refractivity contribution in [1.82, 2.24) is 10.3 Å². The largest absolute Gasteiger partial charge is 0.485 e. The van der Waals surface area contributed by atoms with Crippen molar-refractivity contribution in [3.05, 3.63) is 24.0 Å². The van der Waals surface area contributed by atoms with Gasteiger partial charge in [-0.3, -0.25) is 4.98 Å².